The van der Waals surface area contributed by atoms with Gasteiger partial charge in [0, 0.05) is 12.2 Å². The standard InChI is InChI=1S/C23H28N2O4/c1-16-6-11-21(17(2)15-16)29-14-12-22(26)25-13-4-5-20(25)23(27)24-18-7-9-19(28-3)10-8-18/h6-11,15,20H,4-5,12-14H2,1-3H3,(H,24,27). The Balaban J connectivity index is 1.53. The predicted octanol–water partition coefficient (Wildman–Crippen LogP) is 3.71. The number of carbonyl (C=O) groups is 2. The second-order valence-electron chi connectivity index (χ2n) is 7.33. The van der Waals surface area contributed by atoms with E-state index in [4.69, 9.17) is 9.47 Å². The monoisotopic (exact) mass is 396 g/mol. The molecular formula is C23H28N2O4. The smallest absolute Gasteiger partial charge is 0.247 e. The van der Waals surface area contributed by atoms with Crippen molar-refractivity contribution < 1.29 is 19.1 Å². The zero-order valence-corrected chi connectivity index (χ0v) is 17.2. The van der Waals surface area contributed by atoms with Crippen molar-refractivity contribution in [2.75, 3.05) is 25.6 Å². The number of nitrogens with zero attached hydrogens (tertiary/aromatic N) is 1. The summed E-state index contributed by atoms with van der Waals surface area (Å²) in [5, 5.41) is 2.90. The first-order chi connectivity index (χ1) is 14.0. The highest BCUT2D eigenvalue weighted by atomic mass is 16.5. The lowest BCUT2D eigenvalue weighted by atomic mass is 10.1. The quantitative estimate of drug-likeness (QED) is 0.775. The van der Waals surface area contributed by atoms with E-state index < -0.39 is 6.04 Å². The Morgan fingerprint density at radius 3 is 2.59 bits per heavy atom. The summed E-state index contributed by atoms with van der Waals surface area (Å²) in [7, 11) is 1.60. The van der Waals surface area contributed by atoms with Gasteiger partial charge < -0.3 is 19.7 Å². The Kier molecular flexibility index (Phi) is 6.75. The zero-order chi connectivity index (χ0) is 20.8. The van der Waals surface area contributed by atoms with Crippen LogP contribution in [0.2, 0.25) is 0 Å². The largest absolute Gasteiger partial charge is 0.497 e. The van der Waals surface area contributed by atoms with Crippen molar-refractivity contribution in [1.29, 1.82) is 0 Å². The highest BCUT2D eigenvalue weighted by Gasteiger charge is 2.33. The van der Waals surface area contributed by atoms with Crippen LogP contribution >= 0.6 is 0 Å². The molecule has 0 bridgehead atoms. The molecule has 154 valence electrons. The van der Waals surface area contributed by atoms with E-state index in [9.17, 15) is 9.59 Å². The molecule has 2 aromatic rings. The average Bonchev–Trinajstić information content (AvgIpc) is 3.20. The molecule has 3 rings (SSSR count). The number of anilines is 1. The Bertz CT molecular complexity index is 864. The highest BCUT2D eigenvalue weighted by Crippen LogP contribution is 2.22. The van der Waals surface area contributed by atoms with E-state index in [1.807, 2.05) is 26.0 Å². The van der Waals surface area contributed by atoms with Crippen LogP contribution in [0.4, 0.5) is 5.69 Å². The van der Waals surface area contributed by atoms with Crippen molar-refractivity contribution >= 4 is 17.5 Å². The lowest BCUT2D eigenvalue weighted by Gasteiger charge is -2.24. The molecule has 1 saturated heterocycles. The third-order valence-electron chi connectivity index (χ3n) is 5.14. The Hall–Kier alpha value is -3.02. The molecule has 1 N–H and O–H groups in total. The molecule has 2 amide bonds. The lowest BCUT2D eigenvalue weighted by molar-refractivity contribution is -0.137. The van der Waals surface area contributed by atoms with E-state index >= 15 is 0 Å². The van der Waals surface area contributed by atoms with Crippen LogP contribution in [0.15, 0.2) is 42.5 Å². The van der Waals surface area contributed by atoms with E-state index in [1.165, 1.54) is 5.56 Å². The number of aryl methyl sites for hydroxylation is 2. The number of benzene rings is 2. The Morgan fingerprint density at radius 2 is 1.90 bits per heavy atom. The molecule has 29 heavy (non-hydrogen) atoms. The van der Waals surface area contributed by atoms with Gasteiger partial charge in [-0.2, -0.15) is 0 Å². The highest BCUT2D eigenvalue weighted by molar-refractivity contribution is 5.97. The normalized spacial score (nSPS) is 15.8. The summed E-state index contributed by atoms with van der Waals surface area (Å²) in [5.74, 6) is 1.31. The number of hydrogen-bond acceptors (Lipinski definition) is 4. The van der Waals surface area contributed by atoms with Gasteiger partial charge >= 0.3 is 0 Å². The van der Waals surface area contributed by atoms with Gasteiger partial charge in [-0.15, -0.1) is 0 Å². The van der Waals surface area contributed by atoms with Crippen LogP contribution in [-0.4, -0.2) is 43.0 Å². The van der Waals surface area contributed by atoms with Crippen molar-refractivity contribution in [2.45, 2.75) is 39.2 Å². The average molecular weight is 396 g/mol. The molecule has 1 heterocycles. The summed E-state index contributed by atoms with van der Waals surface area (Å²) in [6.07, 6.45) is 1.75. The first-order valence-electron chi connectivity index (χ1n) is 9.92. The van der Waals surface area contributed by atoms with E-state index in [2.05, 4.69) is 11.4 Å². The number of nitrogens with one attached hydrogen (secondary N) is 1. The number of rotatable bonds is 7. The maximum Gasteiger partial charge on any atom is 0.247 e. The summed E-state index contributed by atoms with van der Waals surface area (Å²) >= 11 is 0. The molecule has 1 fully saturated rings. The number of carbonyl (C=O) groups excluding carboxylic acids is 2. The Morgan fingerprint density at radius 1 is 1.14 bits per heavy atom. The number of ether oxygens (including phenoxy) is 2. The first kappa shape index (κ1) is 20.7. The van der Waals surface area contributed by atoms with Gasteiger partial charge in [-0.05, 0) is 62.6 Å². The van der Waals surface area contributed by atoms with Crippen LogP contribution in [0.5, 0.6) is 11.5 Å². The molecule has 0 radical (unpaired) electrons. The SMILES string of the molecule is COc1ccc(NC(=O)C2CCCN2C(=O)CCOc2ccc(C)cc2C)cc1. The zero-order valence-electron chi connectivity index (χ0n) is 17.2. The van der Waals surface area contributed by atoms with Crippen LogP contribution in [0.3, 0.4) is 0 Å². The van der Waals surface area contributed by atoms with Gasteiger partial charge in [-0.3, -0.25) is 9.59 Å². The van der Waals surface area contributed by atoms with Gasteiger partial charge in [-0.25, -0.2) is 0 Å². The van der Waals surface area contributed by atoms with Crippen LogP contribution in [0.1, 0.15) is 30.4 Å². The van der Waals surface area contributed by atoms with Gasteiger partial charge in [0.2, 0.25) is 11.8 Å². The third kappa shape index (κ3) is 5.28. The minimum Gasteiger partial charge on any atom is -0.497 e. The molecule has 6 heteroatoms. The third-order valence-corrected chi connectivity index (χ3v) is 5.14. The molecule has 0 spiro atoms. The number of hydrogen-bond donors (Lipinski definition) is 1. The van der Waals surface area contributed by atoms with Gasteiger partial charge in [0.15, 0.2) is 0 Å². The fourth-order valence-electron chi connectivity index (χ4n) is 3.59. The summed E-state index contributed by atoms with van der Waals surface area (Å²) in [6, 6.07) is 12.7. The van der Waals surface area contributed by atoms with E-state index in [-0.39, 0.29) is 18.2 Å². The van der Waals surface area contributed by atoms with Gasteiger partial charge in [0.1, 0.15) is 17.5 Å². The summed E-state index contributed by atoms with van der Waals surface area (Å²) in [5.41, 5.74) is 2.91. The van der Waals surface area contributed by atoms with Gasteiger partial charge in [0.25, 0.3) is 0 Å². The van der Waals surface area contributed by atoms with Crippen LogP contribution in [-0.2, 0) is 9.59 Å². The molecule has 0 aromatic heterocycles. The van der Waals surface area contributed by atoms with Crippen molar-refractivity contribution in [3.05, 3.63) is 53.6 Å². The van der Waals surface area contributed by atoms with Crippen molar-refractivity contribution in [1.82, 2.24) is 4.90 Å². The van der Waals surface area contributed by atoms with E-state index in [0.717, 1.165) is 23.5 Å². The lowest BCUT2D eigenvalue weighted by Crippen LogP contribution is -2.43. The molecule has 1 atom stereocenters. The maximum absolute atomic E-state index is 12.7. The molecule has 2 aromatic carbocycles. The first-order valence-corrected chi connectivity index (χ1v) is 9.92. The molecule has 1 unspecified atom stereocenters. The number of likely N-dealkylation sites (tertiary alicyclic amines) is 1. The van der Waals surface area contributed by atoms with Gasteiger partial charge in [0.05, 0.1) is 20.1 Å². The second-order valence-corrected chi connectivity index (χ2v) is 7.33. The topological polar surface area (TPSA) is 67.9 Å². The van der Waals surface area contributed by atoms with Crippen molar-refractivity contribution in [3.8, 4) is 11.5 Å². The predicted molar refractivity (Wildman–Crippen MR) is 112 cm³/mol. The van der Waals surface area contributed by atoms with Crippen LogP contribution in [0.25, 0.3) is 0 Å². The second kappa shape index (κ2) is 9.45. The van der Waals surface area contributed by atoms with Crippen LogP contribution < -0.4 is 14.8 Å². The van der Waals surface area contributed by atoms with Crippen molar-refractivity contribution in [2.24, 2.45) is 0 Å². The van der Waals surface area contributed by atoms with Gasteiger partial charge in [-0.1, -0.05) is 17.7 Å². The Labute approximate surface area is 171 Å². The summed E-state index contributed by atoms with van der Waals surface area (Å²) in [4.78, 5) is 27.0. The summed E-state index contributed by atoms with van der Waals surface area (Å²) < 4.78 is 10.9. The fraction of sp³-hybridized carbons (Fsp3) is 0.391. The molecule has 1 aliphatic rings. The fourth-order valence-corrected chi connectivity index (χ4v) is 3.59. The minimum atomic E-state index is -0.439. The molecule has 0 saturated carbocycles. The molecule has 6 nitrogen and oxygen atoms in total. The van der Waals surface area contributed by atoms with Crippen molar-refractivity contribution in [3.63, 3.8) is 0 Å². The number of methoxy groups -OCH3 is 1. The van der Waals surface area contributed by atoms with Crippen LogP contribution in [0, 0.1) is 13.8 Å². The molecular weight excluding hydrogens is 368 g/mol. The molecule has 1 aliphatic heterocycles. The van der Waals surface area contributed by atoms with E-state index in [1.54, 1.807) is 36.3 Å². The molecule has 0 aliphatic carbocycles. The maximum atomic E-state index is 12.7. The minimum absolute atomic E-state index is 0.0536. The summed E-state index contributed by atoms with van der Waals surface area (Å²) in [6.45, 7) is 4.92. The number of amides is 2. The van der Waals surface area contributed by atoms with E-state index in [0.29, 0.717) is 25.3 Å².